The smallest absolute Gasteiger partial charge is 0.286 e. The number of aromatic nitrogens is 2. The summed E-state index contributed by atoms with van der Waals surface area (Å²) in [6.45, 7) is 3.93. The second-order valence-corrected chi connectivity index (χ2v) is 10.4. The van der Waals surface area contributed by atoms with Crippen molar-refractivity contribution in [3.05, 3.63) is 77.6 Å². The Labute approximate surface area is 212 Å². The number of amides is 2. The van der Waals surface area contributed by atoms with Crippen LogP contribution in [-0.2, 0) is 24.9 Å². The number of hydrogen-bond donors (Lipinski definition) is 2. The zero-order valence-corrected chi connectivity index (χ0v) is 20.9. The highest BCUT2D eigenvalue weighted by molar-refractivity contribution is 8.16. The van der Waals surface area contributed by atoms with Crippen molar-refractivity contribution in [2.24, 2.45) is 7.05 Å². The fourth-order valence-corrected chi connectivity index (χ4v) is 5.08. The second kappa shape index (κ2) is 9.23. The molecule has 1 unspecified atom stereocenters. The lowest BCUT2D eigenvalue weighted by atomic mass is 9.99. The Morgan fingerprint density at radius 3 is 2.50 bits per heavy atom. The number of ether oxygens (including phenoxy) is 2. The van der Waals surface area contributed by atoms with E-state index in [1.807, 2.05) is 61.0 Å². The molecule has 0 saturated carbocycles. The van der Waals surface area contributed by atoms with Gasteiger partial charge < -0.3 is 19.1 Å². The molecule has 5 rings (SSSR count). The molecule has 1 aliphatic heterocycles. The number of aromatic hydroxyl groups is 1. The molecule has 36 heavy (non-hydrogen) atoms. The minimum absolute atomic E-state index is 0.201. The van der Waals surface area contributed by atoms with Crippen LogP contribution in [0.25, 0.3) is 11.0 Å². The van der Waals surface area contributed by atoms with Crippen molar-refractivity contribution in [1.29, 1.82) is 0 Å². The lowest BCUT2D eigenvalue weighted by Gasteiger charge is -2.18. The molecule has 3 aromatic carbocycles. The molecular formula is C27H25N3O5S. The van der Waals surface area contributed by atoms with E-state index in [4.69, 9.17) is 9.47 Å². The molecule has 0 spiro atoms. The summed E-state index contributed by atoms with van der Waals surface area (Å²) in [6.07, 6.45) is 0.453. The van der Waals surface area contributed by atoms with Crippen molar-refractivity contribution < 1.29 is 24.2 Å². The van der Waals surface area contributed by atoms with Crippen LogP contribution < -0.4 is 14.8 Å². The number of phenolic OH excluding ortho intramolecular Hbond substituents is 1. The number of fused-ring (bicyclic) bond motifs is 1. The maximum Gasteiger partial charge on any atom is 0.286 e. The molecule has 4 aromatic rings. The first-order chi connectivity index (χ1) is 17.2. The van der Waals surface area contributed by atoms with E-state index in [-0.39, 0.29) is 23.5 Å². The summed E-state index contributed by atoms with van der Waals surface area (Å²) in [5, 5.41) is 11.7. The first-order valence-corrected chi connectivity index (χ1v) is 12.2. The number of benzene rings is 3. The largest absolute Gasteiger partial charge is 0.508 e. The molecule has 2 amide bonds. The fraction of sp³-hybridized carbons (Fsp3) is 0.222. The molecule has 0 bridgehead atoms. The molecule has 1 fully saturated rings. The number of nitrogens with one attached hydrogen (secondary N) is 1. The Morgan fingerprint density at radius 1 is 1.06 bits per heavy atom. The summed E-state index contributed by atoms with van der Waals surface area (Å²) in [4.78, 5) is 28.3. The average molecular weight is 504 g/mol. The topological polar surface area (TPSA) is 103 Å². The predicted molar refractivity (Wildman–Crippen MR) is 138 cm³/mol. The molecule has 1 atom stereocenters. The average Bonchev–Trinajstić information content (AvgIpc) is 3.28. The molecule has 1 aromatic heterocycles. The van der Waals surface area contributed by atoms with Gasteiger partial charge in [0.25, 0.3) is 5.24 Å². The molecule has 2 heterocycles. The van der Waals surface area contributed by atoms with Crippen LogP contribution in [0.2, 0.25) is 0 Å². The molecule has 2 N–H and O–H groups in total. The summed E-state index contributed by atoms with van der Waals surface area (Å²) in [6, 6.07) is 18.2. The highest BCUT2D eigenvalue weighted by atomic mass is 32.2. The van der Waals surface area contributed by atoms with E-state index in [1.165, 1.54) is 0 Å². The Hall–Kier alpha value is -3.98. The van der Waals surface area contributed by atoms with Gasteiger partial charge in [-0.3, -0.25) is 14.9 Å². The molecular weight excluding hydrogens is 478 g/mol. The van der Waals surface area contributed by atoms with E-state index < -0.39 is 4.75 Å². The quantitative estimate of drug-likeness (QED) is 0.355. The third kappa shape index (κ3) is 4.74. The molecule has 9 heteroatoms. The van der Waals surface area contributed by atoms with Gasteiger partial charge in [-0.05, 0) is 85.6 Å². The van der Waals surface area contributed by atoms with Crippen LogP contribution in [0.15, 0.2) is 60.7 Å². The number of aryl methyl sites for hydroxylation is 2. The monoisotopic (exact) mass is 503 g/mol. The van der Waals surface area contributed by atoms with Crippen LogP contribution in [-0.4, -0.2) is 30.6 Å². The Balaban J connectivity index is 1.26. The van der Waals surface area contributed by atoms with Crippen molar-refractivity contribution in [2.75, 3.05) is 0 Å². The second-order valence-electron chi connectivity index (χ2n) is 8.97. The lowest BCUT2D eigenvalue weighted by Crippen LogP contribution is -2.35. The maximum absolute atomic E-state index is 12.1. The highest BCUT2D eigenvalue weighted by Gasteiger charge is 2.43. The van der Waals surface area contributed by atoms with Gasteiger partial charge >= 0.3 is 0 Å². The van der Waals surface area contributed by atoms with Crippen molar-refractivity contribution >= 4 is 33.9 Å². The van der Waals surface area contributed by atoms with Gasteiger partial charge in [0.2, 0.25) is 5.91 Å². The summed E-state index contributed by atoms with van der Waals surface area (Å²) in [5.41, 5.74) is 3.53. The zero-order valence-electron chi connectivity index (χ0n) is 20.1. The van der Waals surface area contributed by atoms with Gasteiger partial charge in [0.05, 0.1) is 11.0 Å². The standard InChI is InChI=1S/C27H25N3O5S/c1-16-12-18(31)6-11-23(16)35-20-9-10-21-22(13-20)30(3)24(28-21)15-34-19-7-4-17(5-8-19)14-27(2)25(32)29-26(33)36-27/h4-13,31H,14-15H2,1-3H3,(H,29,32,33). The van der Waals surface area contributed by atoms with Gasteiger partial charge in [-0.25, -0.2) is 4.98 Å². The van der Waals surface area contributed by atoms with E-state index in [9.17, 15) is 14.7 Å². The van der Waals surface area contributed by atoms with Crippen molar-refractivity contribution in [3.8, 4) is 23.0 Å². The fourth-order valence-electron chi connectivity index (χ4n) is 4.15. The highest BCUT2D eigenvalue weighted by Crippen LogP contribution is 2.35. The third-order valence-electron chi connectivity index (χ3n) is 6.18. The number of hydrogen-bond acceptors (Lipinski definition) is 7. The van der Waals surface area contributed by atoms with Gasteiger partial charge in [0, 0.05) is 13.1 Å². The lowest BCUT2D eigenvalue weighted by molar-refractivity contribution is -0.121. The van der Waals surface area contributed by atoms with E-state index in [1.54, 1.807) is 25.1 Å². The minimum atomic E-state index is -0.796. The molecule has 1 saturated heterocycles. The number of phenols is 1. The Bertz CT molecular complexity index is 1480. The van der Waals surface area contributed by atoms with Crippen LogP contribution in [0.3, 0.4) is 0 Å². The number of nitrogens with zero attached hydrogens (tertiary/aromatic N) is 2. The number of imidazole rings is 1. The molecule has 1 aliphatic rings. The molecule has 8 nitrogen and oxygen atoms in total. The molecule has 184 valence electrons. The van der Waals surface area contributed by atoms with Gasteiger partial charge in [0.1, 0.15) is 40.2 Å². The summed E-state index contributed by atoms with van der Waals surface area (Å²) in [5.74, 6) is 2.74. The number of imide groups is 1. The summed E-state index contributed by atoms with van der Waals surface area (Å²) >= 11 is 1.03. The normalized spacial score (nSPS) is 17.4. The van der Waals surface area contributed by atoms with E-state index >= 15 is 0 Å². The number of carbonyl (C=O) groups is 2. The number of carbonyl (C=O) groups excluding carboxylic acids is 2. The SMILES string of the molecule is Cc1cc(O)ccc1Oc1ccc2nc(COc3ccc(CC4(C)SC(=O)NC4=O)cc3)n(C)c2c1. The summed E-state index contributed by atoms with van der Waals surface area (Å²) in [7, 11) is 1.93. The molecule has 0 radical (unpaired) electrons. The van der Waals surface area contributed by atoms with E-state index in [2.05, 4.69) is 10.3 Å². The van der Waals surface area contributed by atoms with Crippen molar-refractivity contribution in [1.82, 2.24) is 14.9 Å². The van der Waals surface area contributed by atoms with Crippen molar-refractivity contribution in [2.45, 2.75) is 31.6 Å². The van der Waals surface area contributed by atoms with Gasteiger partial charge in [-0.15, -0.1) is 0 Å². The van der Waals surface area contributed by atoms with E-state index in [0.29, 0.717) is 23.7 Å². The molecule has 0 aliphatic carbocycles. The van der Waals surface area contributed by atoms with E-state index in [0.717, 1.165) is 39.7 Å². The first-order valence-electron chi connectivity index (χ1n) is 11.4. The zero-order chi connectivity index (χ0) is 25.4. The van der Waals surface area contributed by atoms with Gasteiger partial charge in [0.15, 0.2) is 0 Å². The maximum atomic E-state index is 12.1. The summed E-state index contributed by atoms with van der Waals surface area (Å²) < 4.78 is 13.2. The van der Waals surface area contributed by atoms with Gasteiger partial charge in [-0.1, -0.05) is 12.1 Å². The Morgan fingerprint density at radius 2 is 1.81 bits per heavy atom. The van der Waals surface area contributed by atoms with Crippen LogP contribution in [0, 0.1) is 6.92 Å². The van der Waals surface area contributed by atoms with Crippen LogP contribution >= 0.6 is 11.8 Å². The minimum Gasteiger partial charge on any atom is -0.508 e. The first kappa shape index (κ1) is 23.7. The number of rotatable bonds is 7. The number of thioether (sulfide) groups is 1. The van der Waals surface area contributed by atoms with Crippen LogP contribution in [0.1, 0.15) is 23.9 Å². The van der Waals surface area contributed by atoms with Crippen LogP contribution in [0.4, 0.5) is 4.79 Å². The predicted octanol–water partition coefficient (Wildman–Crippen LogP) is 5.24. The van der Waals surface area contributed by atoms with Crippen LogP contribution in [0.5, 0.6) is 23.0 Å². The third-order valence-corrected chi connectivity index (χ3v) is 7.25. The Kier molecular flexibility index (Phi) is 6.09. The van der Waals surface area contributed by atoms with Gasteiger partial charge in [-0.2, -0.15) is 0 Å². The van der Waals surface area contributed by atoms with Crippen molar-refractivity contribution in [3.63, 3.8) is 0 Å².